The minimum Gasteiger partial charge on any atom is -0.462 e. The first kappa shape index (κ1) is 53.1. The van der Waals surface area contributed by atoms with E-state index in [0.717, 1.165) is 89.9 Å². The zero-order valence-corrected chi connectivity index (χ0v) is 36.3. The third-order valence-corrected chi connectivity index (χ3v) is 8.91. The molecule has 0 N–H and O–H groups in total. The fraction of sp³-hybridized carbons (Fsp3) is 0.588. The first-order valence-electron chi connectivity index (χ1n) is 22.5. The summed E-state index contributed by atoms with van der Waals surface area (Å²) in [5.74, 6) is -1.07. The van der Waals surface area contributed by atoms with Crippen molar-refractivity contribution in [2.45, 2.75) is 181 Å². The Hall–Kier alpha value is -3.93. The second-order valence-corrected chi connectivity index (χ2v) is 14.3. The van der Waals surface area contributed by atoms with E-state index < -0.39 is 6.10 Å². The molecular formula is C51H80O6. The summed E-state index contributed by atoms with van der Waals surface area (Å²) in [6.07, 6.45) is 59.4. The number of allylic oxidation sites excluding steroid dienone is 18. The lowest BCUT2D eigenvalue weighted by Crippen LogP contribution is -2.30. The van der Waals surface area contributed by atoms with Crippen LogP contribution in [-0.2, 0) is 28.6 Å². The Morgan fingerprint density at radius 2 is 0.789 bits per heavy atom. The second kappa shape index (κ2) is 44.8. The summed E-state index contributed by atoms with van der Waals surface area (Å²) in [5.41, 5.74) is 0. The third-order valence-electron chi connectivity index (χ3n) is 8.91. The van der Waals surface area contributed by atoms with E-state index in [2.05, 4.69) is 81.5 Å². The van der Waals surface area contributed by atoms with Crippen molar-refractivity contribution in [1.82, 2.24) is 0 Å². The lowest BCUT2D eigenvalue weighted by Gasteiger charge is -2.18. The Balaban J connectivity index is 4.58. The summed E-state index contributed by atoms with van der Waals surface area (Å²) in [6, 6.07) is 0. The highest BCUT2D eigenvalue weighted by atomic mass is 16.6. The fourth-order valence-electron chi connectivity index (χ4n) is 5.56. The number of esters is 3. The van der Waals surface area contributed by atoms with Gasteiger partial charge in [-0.25, -0.2) is 0 Å². The fourth-order valence-corrected chi connectivity index (χ4v) is 5.56. The number of rotatable bonds is 38. The molecule has 6 heteroatoms. The zero-order chi connectivity index (χ0) is 41.5. The van der Waals surface area contributed by atoms with Crippen LogP contribution in [0.25, 0.3) is 0 Å². The molecule has 0 bridgehead atoms. The minimum atomic E-state index is -0.827. The van der Waals surface area contributed by atoms with Crippen LogP contribution in [0.15, 0.2) is 109 Å². The van der Waals surface area contributed by atoms with E-state index in [-0.39, 0.29) is 44.0 Å². The molecule has 0 amide bonds. The van der Waals surface area contributed by atoms with Gasteiger partial charge >= 0.3 is 17.9 Å². The van der Waals surface area contributed by atoms with Gasteiger partial charge < -0.3 is 14.2 Å². The van der Waals surface area contributed by atoms with Gasteiger partial charge in [-0.3, -0.25) is 14.4 Å². The first-order chi connectivity index (χ1) is 28.0. The topological polar surface area (TPSA) is 78.9 Å². The van der Waals surface area contributed by atoms with Crippen LogP contribution in [0.3, 0.4) is 0 Å². The Morgan fingerprint density at radius 3 is 1.33 bits per heavy atom. The summed E-state index contributed by atoms with van der Waals surface area (Å²) in [7, 11) is 0. The third kappa shape index (κ3) is 43.0. The molecule has 0 fully saturated rings. The molecule has 0 aromatic carbocycles. The van der Waals surface area contributed by atoms with Gasteiger partial charge in [0.15, 0.2) is 6.10 Å². The van der Waals surface area contributed by atoms with Gasteiger partial charge in [-0.2, -0.15) is 0 Å². The van der Waals surface area contributed by atoms with Gasteiger partial charge in [0.2, 0.25) is 0 Å². The highest BCUT2D eigenvalue weighted by Gasteiger charge is 2.19. The van der Waals surface area contributed by atoms with E-state index in [0.29, 0.717) is 12.8 Å². The lowest BCUT2D eigenvalue weighted by atomic mass is 10.1. The van der Waals surface area contributed by atoms with Crippen molar-refractivity contribution in [1.29, 1.82) is 0 Å². The predicted octanol–water partition coefficient (Wildman–Crippen LogP) is 14.4. The minimum absolute atomic E-state index is 0.127. The van der Waals surface area contributed by atoms with Crippen molar-refractivity contribution in [3.05, 3.63) is 109 Å². The smallest absolute Gasteiger partial charge is 0.306 e. The Labute approximate surface area is 349 Å². The number of carbonyl (C=O) groups is 3. The Bertz CT molecular complexity index is 1230. The van der Waals surface area contributed by atoms with Crippen LogP contribution in [0.2, 0.25) is 0 Å². The first-order valence-corrected chi connectivity index (χ1v) is 22.5. The molecule has 0 spiro atoms. The molecule has 0 saturated carbocycles. The number of unbranched alkanes of at least 4 members (excludes halogenated alkanes) is 14. The van der Waals surface area contributed by atoms with Gasteiger partial charge in [-0.15, -0.1) is 0 Å². The van der Waals surface area contributed by atoms with E-state index in [4.69, 9.17) is 14.2 Å². The molecule has 1 atom stereocenters. The number of carbonyl (C=O) groups excluding carboxylic acids is 3. The summed E-state index contributed by atoms with van der Waals surface area (Å²) in [4.78, 5) is 37.7. The van der Waals surface area contributed by atoms with Crippen molar-refractivity contribution >= 4 is 17.9 Å². The average molecular weight is 789 g/mol. The summed E-state index contributed by atoms with van der Waals surface area (Å²) in [5, 5.41) is 0. The molecule has 57 heavy (non-hydrogen) atoms. The molecule has 1 unspecified atom stereocenters. The highest BCUT2D eigenvalue weighted by molar-refractivity contribution is 5.71. The molecular weight excluding hydrogens is 709 g/mol. The Morgan fingerprint density at radius 1 is 0.386 bits per heavy atom. The summed E-state index contributed by atoms with van der Waals surface area (Å²) >= 11 is 0. The van der Waals surface area contributed by atoms with Gasteiger partial charge in [0, 0.05) is 19.3 Å². The van der Waals surface area contributed by atoms with Crippen LogP contribution < -0.4 is 0 Å². The van der Waals surface area contributed by atoms with E-state index in [1.54, 1.807) is 0 Å². The van der Waals surface area contributed by atoms with Crippen LogP contribution in [0.5, 0.6) is 0 Å². The van der Waals surface area contributed by atoms with Crippen molar-refractivity contribution in [2.24, 2.45) is 0 Å². The average Bonchev–Trinajstić information content (AvgIpc) is 3.21. The molecule has 6 nitrogen and oxygen atoms in total. The molecule has 0 aromatic heterocycles. The van der Waals surface area contributed by atoms with Crippen molar-refractivity contribution in [3.63, 3.8) is 0 Å². The molecule has 320 valence electrons. The van der Waals surface area contributed by atoms with Gasteiger partial charge in [0.05, 0.1) is 0 Å². The molecule has 0 aliphatic rings. The van der Waals surface area contributed by atoms with E-state index >= 15 is 0 Å². The van der Waals surface area contributed by atoms with E-state index in [1.807, 2.05) is 48.6 Å². The van der Waals surface area contributed by atoms with E-state index in [1.165, 1.54) is 38.5 Å². The van der Waals surface area contributed by atoms with E-state index in [9.17, 15) is 14.4 Å². The Kier molecular flexibility index (Phi) is 41.7. The molecule has 0 aromatic rings. The normalized spacial score (nSPS) is 13.1. The molecule has 0 rings (SSSR count). The van der Waals surface area contributed by atoms with Crippen LogP contribution in [0.4, 0.5) is 0 Å². The molecule has 0 aliphatic carbocycles. The molecule has 0 aliphatic heterocycles. The lowest BCUT2D eigenvalue weighted by molar-refractivity contribution is -0.166. The van der Waals surface area contributed by atoms with Crippen molar-refractivity contribution in [2.75, 3.05) is 13.2 Å². The maximum absolute atomic E-state index is 12.7. The van der Waals surface area contributed by atoms with Crippen molar-refractivity contribution in [3.8, 4) is 0 Å². The second-order valence-electron chi connectivity index (χ2n) is 14.3. The summed E-state index contributed by atoms with van der Waals surface area (Å²) < 4.78 is 16.6. The largest absolute Gasteiger partial charge is 0.462 e. The molecule has 0 saturated heterocycles. The molecule has 0 heterocycles. The van der Waals surface area contributed by atoms with Crippen LogP contribution in [0.1, 0.15) is 175 Å². The maximum Gasteiger partial charge on any atom is 0.306 e. The van der Waals surface area contributed by atoms with Gasteiger partial charge in [-0.1, -0.05) is 188 Å². The molecule has 0 radical (unpaired) electrons. The zero-order valence-electron chi connectivity index (χ0n) is 36.3. The number of hydrogen-bond acceptors (Lipinski definition) is 6. The van der Waals surface area contributed by atoms with Crippen molar-refractivity contribution < 1.29 is 28.6 Å². The van der Waals surface area contributed by atoms with Gasteiger partial charge in [0.1, 0.15) is 13.2 Å². The van der Waals surface area contributed by atoms with Gasteiger partial charge in [0.25, 0.3) is 0 Å². The van der Waals surface area contributed by atoms with Crippen LogP contribution in [0, 0.1) is 0 Å². The standard InChI is InChI=1S/C51H80O6/c1-4-7-10-13-16-19-22-25-28-31-34-37-40-43-49(52)55-46-48(57-51(54)45-42-39-36-33-30-27-24-21-18-15-12-9-6-3)47-56-50(53)44-41-38-35-32-29-26-23-20-17-14-11-8-5-2/h7,9-10,12-13,15-16,18-19,21-22,24-26,28-29,35,38,48H,4-6,8,11,14,17,20,23,27,30-34,36-37,39-47H2,1-3H3/b10-7+,12-9+,16-13+,18-15+,22-19+,24-21+,28-25+,29-26+,38-35+. The van der Waals surface area contributed by atoms with Crippen LogP contribution >= 0.6 is 0 Å². The number of ether oxygens (including phenoxy) is 3. The maximum atomic E-state index is 12.7. The quantitative estimate of drug-likeness (QED) is 0.0204. The summed E-state index contributed by atoms with van der Waals surface area (Å²) in [6.45, 7) is 6.21. The monoisotopic (exact) mass is 789 g/mol. The predicted molar refractivity (Wildman–Crippen MR) is 242 cm³/mol. The SMILES string of the molecule is CC/C=C/C=C/C=C/C=C/CCCCCC(=O)OCC(COC(=O)CC/C=C/C/C=C/CCCCCCCC)OC(=O)CCCCCCC/C=C/C=C/C=C/CC. The van der Waals surface area contributed by atoms with Gasteiger partial charge in [-0.05, 0) is 77.0 Å². The number of hydrogen-bond donors (Lipinski definition) is 0. The highest BCUT2D eigenvalue weighted by Crippen LogP contribution is 2.11. The van der Waals surface area contributed by atoms with Crippen LogP contribution in [-0.4, -0.2) is 37.2 Å².